The molecule has 2 aromatic carbocycles. The van der Waals surface area contributed by atoms with Crippen LogP contribution in [0.3, 0.4) is 0 Å². The number of ether oxygens (including phenoxy) is 1. The van der Waals surface area contributed by atoms with Crippen molar-refractivity contribution in [2.45, 2.75) is 38.6 Å². The van der Waals surface area contributed by atoms with E-state index in [0.29, 0.717) is 17.6 Å². The fourth-order valence-corrected chi connectivity index (χ4v) is 3.47. The van der Waals surface area contributed by atoms with E-state index in [4.69, 9.17) is 4.74 Å². The Labute approximate surface area is 155 Å². The minimum atomic E-state index is -0.445. The van der Waals surface area contributed by atoms with Crippen molar-refractivity contribution in [2.24, 2.45) is 0 Å². The van der Waals surface area contributed by atoms with E-state index in [1.165, 1.54) is 0 Å². The third kappa shape index (κ3) is 3.92. The van der Waals surface area contributed by atoms with Crippen molar-refractivity contribution >= 4 is 15.9 Å². The largest absolute Gasteiger partial charge is 0.508 e. The lowest BCUT2D eigenvalue weighted by molar-refractivity contribution is -0.0576. The van der Waals surface area contributed by atoms with Gasteiger partial charge in [0.1, 0.15) is 27.4 Å². The highest BCUT2D eigenvalue weighted by atomic mass is 79.9. The van der Waals surface area contributed by atoms with Gasteiger partial charge < -0.3 is 20.1 Å². The molecule has 0 radical (unpaired) electrons. The lowest BCUT2D eigenvalue weighted by Crippen LogP contribution is -2.44. The summed E-state index contributed by atoms with van der Waals surface area (Å²) < 4.78 is 6.26. The normalized spacial score (nSPS) is 20.0. The molecule has 25 heavy (non-hydrogen) atoms. The second-order valence-electron chi connectivity index (χ2n) is 6.86. The smallest absolute Gasteiger partial charge is 0.133 e. The molecule has 1 aliphatic heterocycles. The molecule has 6 heteroatoms. The van der Waals surface area contributed by atoms with Gasteiger partial charge in [-0.15, -0.1) is 0 Å². The minimum Gasteiger partial charge on any atom is -0.508 e. The van der Waals surface area contributed by atoms with Crippen molar-refractivity contribution in [1.29, 1.82) is 0 Å². The summed E-state index contributed by atoms with van der Waals surface area (Å²) in [6.45, 7) is 5.18. The van der Waals surface area contributed by atoms with Crippen LogP contribution in [0.15, 0.2) is 40.9 Å². The monoisotopic (exact) mass is 407 g/mol. The van der Waals surface area contributed by atoms with Crippen LogP contribution in [0.25, 0.3) is 0 Å². The zero-order valence-corrected chi connectivity index (χ0v) is 15.8. The van der Waals surface area contributed by atoms with Crippen LogP contribution < -0.4 is 0 Å². The molecule has 2 aromatic rings. The summed E-state index contributed by atoms with van der Waals surface area (Å²) in [6.07, 6.45) is 0.790. The van der Waals surface area contributed by atoms with E-state index in [0.717, 1.165) is 17.5 Å². The summed E-state index contributed by atoms with van der Waals surface area (Å²) >= 11 is 3.15. The van der Waals surface area contributed by atoms with Crippen LogP contribution in [0, 0.1) is 0 Å². The number of aromatic hydroxyl groups is 3. The Morgan fingerprint density at radius 1 is 1.08 bits per heavy atom. The van der Waals surface area contributed by atoms with Crippen LogP contribution in [-0.2, 0) is 17.7 Å². The summed E-state index contributed by atoms with van der Waals surface area (Å²) in [4.78, 5) is 2.22. The SMILES string of the molecule is CC1(C)OC[C@H](Cc2ccc(O)cc2)N1Cc1cc(O)c(Br)c(O)c1. The summed E-state index contributed by atoms with van der Waals surface area (Å²) in [7, 11) is 0. The van der Waals surface area contributed by atoms with E-state index in [1.807, 2.05) is 26.0 Å². The summed E-state index contributed by atoms with van der Waals surface area (Å²) in [5.74, 6) is 0.287. The van der Waals surface area contributed by atoms with Gasteiger partial charge in [-0.25, -0.2) is 0 Å². The third-order valence-electron chi connectivity index (χ3n) is 4.62. The Morgan fingerprint density at radius 2 is 1.68 bits per heavy atom. The molecule has 3 rings (SSSR count). The zero-order valence-electron chi connectivity index (χ0n) is 14.2. The first-order chi connectivity index (χ1) is 11.8. The molecule has 3 N–H and O–H groups in total. The molecule has 1 atom stereocenters. The van der Waals surface area contributed by atoms with E-state index >= 15 is 0 Å². The van der Waals surface area contributed by atoms with Crippen molar-refractivity contribution < 1.29 is 20.1 Å². The Kier molecular flexibility index (Phi) is 4.95. The van der Waals surface area contributed by atoms with Gasteiger partial charge in [0.25, 0.3) is 0 Å². The number of hydrogen-bond donors (Lipinski definition) is 3. The Hall–Kier alpha value is -1.76. The lowest BCUT2D eigenvalue weighted by atomic mass is 10.0. The summed E-state index contributed by atoms with van der Waals surface area (Å²) in [5, 5.41) is 29.3. The number of nitrogens with zero attached hydrogens (tertiary/aromatic N) is 1. The first-order valence-corrected chi connectivity index (χ1v) is 8.94. The fourth-order valence-electron chi connectivity index (χ4n) is 3.24. The molecule has 0 unspecified atom stereocenters. The molecular formula is C19H22BrNO4. The molecule has 0 spiro atoms. The van der Waals surface area contributed by atoms with Crippen LogP contribution in [0.5, 0.6) is 17.2 Å². The van der Waals surface area contributed by atoms with Crippen molar-refractivity contribution in [1.82, 2.24) is 4.90 Å². The topological polar surface area (TPSA) is 73.2 Å². The number of hydrogen-bond acceptors (Lipinski definition) is 5. The zero-order chi connectivity index (χ0) is 18.2. The number of phenolic OH excluding ortho intramolecular Hbond substituents is 3. The van der Waals surface area contributed by atoms with Crippen molar-refractivity contribution in [2.75, 3.05) is 6.61 Å². The van der Waals surface area contributed by atoms with Gasteiger partial charge in [0.15, 0.2) is 0 Å². The summed E-state index contributed by atoms with van der Waals surface area (Å²) in [5.41, 5.74) is 1.49. The lowest BCUT2D eigenvalue weighted by Gasteiger charge is -2.34. The first kappa shape index (κ1) is 18.0. The predicted octanol–water partition coefficient (Wildman–Crippen LogP) is 3.75. The Morgan fingerprint density at radius 3 is 2.28 bits per heavy atom. The van der Waals surface area contributed by atoms with E-state index in [1.54, 1.807) is 24.3 Å². The van der Waals surface area contributed by atoms with Crippen LogP contribution >= 0.6 is 15.9 Å². The highest BCUT2D eigenvalue weighted by Gasteiger charge is 2.40. The maximum Gasteiger partial charge on any atom is 0.133 e. The number of halogens is 1. The maximum atomic E-state index is 9.93. The van der Waals surface area contributed by atoms with Gasteiger partial charge in [0, 0.05) is 12.6 Å². The number of rotatable bonds is 4. The minimum absolute atomic E-state index is 0.0167. The van der Waals surface area contributed by atoms with Crippen LogP contribution in [0.1, 0.15) is 25.0 Å². The predicted molar refractivity (Wildman–Crippen MR) is 98.6 cm³/mol. The molecule has 1 heterocycles. The van der Waals surface area contributed by atoms with E-state index in [9.17, 15) is 15.3 Å². The van der Waals surface area contributed by atoms with Crippen molar-refractivity contribution in [3.05, 3.63) is 52.0 Å². The first-order valence-electron chi connectivity index (χ1n) is 8.15. The standard InChI is InChI=1S/C19H22BrNO4/c1-19(2)21(10-13-8-16(23)18(20)17(24)9-13)14(11-25-19)7-12-3-5-15(22)6-4-12/h3-6,8-9,14,22-24H,7,10-11H2,1-2H3/t14-/m0/s1. The van der Waals surface area contributed by atoms with E-state index in [2.05, 4.69) is 20.8 Å². The molecule has 1 fully saturated rings. The molecule has 5 nitrogen and oxygen atoms in total. The summed E-state index contributed by atoms with van der Waals surface area (Å²) in [6, 6.07) is 10.7. The van der Waals surface area contributed by atoms with Gasteiger partial charge in [-0.3, -0.25) is 4.90 Å². The van der Waals surface area contributed by atoms with E-state index < -0.39 is 5.72 Å². The van der Waals surface area contributed by atoms with Gasteiger partial charge in [0.2, 0.25) is 0 Å². The highest BCUT2D eigenvalue weighted by molar-refractivity contribution is 9.10. The van der Waals surface area contributed by atoms with Crippen LogP contribution in [0.2, 0.25) is 0 Å². The quantitative estimate of drug-likeness (QED) is 0.719. The average Bonchev–Trinajstić information content (AvgIpc) is 2.82. The average molecular weight is 408 g/mol. The second kappa shape index (κ2) is 6.86. The highest BCUT2D eigenvalue weighted by Crippen LogP contribution is 2.37. The number of benzene rings is 2. The van der Waals surface area contributed by atoms with Crippen LogP contribution in [0.4, 0.5) is 0 Å². The molecule has 0 aliphatic carbocycles. The van der Waals surface area contributed by atoms with E-state index in [-0.39, 0.29) is 23.3 Å². The molecule has 1 aliphatic rings. The van der Waals surface area contributed by atoms with Gasteiger partial charge in [-0.05, 0) is 71.6 Å². The van der Waals surface area contributed by atoms with Crippen LogP contribution in [-0.4, -0.2) is 38.6 Å². The molecule has 134 valence electrons. The number of phenols is 3. The molecule has 0 bridgehead atoms. The molecular weight excluding hydrogens is 386 g/mol. The Balaban J connectivity index is 1.81. The second-order valence-corrected chi connectivity index (χ2v) is 7.65. The van der Waals surface area contributed by atoms with Gasteiger partial charge in [-0.2, -0.15) is 0 Å². The maximum absolute atomic E-state index is 9.93. The molecule has 1 saturated heterocycles. The van der Waals surface area contributed by atoms with Gasteiger partial charge >= 0.3 is 0 Å². The van der Waals surface area contributed by atoms with Crippen molar-refractivity contribution in [3.63, 3.8) is 0 Å². The van der Waals surface area contributed by atoms with Crippen molar-refractivity contribution in [3.8, 4) is 17.2 Å². The Bertz CT molecular complexity index is 738. The molecule has 0 aromatic heterocycles. The van der Waals surface area contributed by atoms with Gasteiger partial charge in [-0.1, -0.05) is 12.1 Å². The third-order valence-corrected chi connectivity index (χ3v) is 5.43. The molecule has 0 saturated carbocycles. The van der Waals surface area contributed by atoms with Gasteiger partial charge in [0.05, 0.1) is 6.61 Å². The fraction of sp³-hybridized carbons (Fsp3) is 0.368. The molecule has 0 amide bonds.